The van der Waals surface area contributed by atoms with E-state index in [1.807, 2.05) is 13.8 Å². The molecule has 2 rings (SSSR count). The van der Waals surface area contributed by atoms with E-state index in [2.05, 4.69) is 25.1 Å². The Bertz CT molecular complexity index is 1410. The molecule has 1 unspecified atom stereocenters. The maximum Gasteiger partial charge on any atom is 0.472 e. The molecule has 0 spiro atoms. The molecule has 0 aliphatic carbocycles. The van der Waals surface area contributed by atoms with E-state index in [-0.39, 0.29) is 44.1 Å². The molecule has 0 aromatic carbocycles. The van der Waals surface area contributed by atoms with Crippen LogP contribution in [0.4, 0.5) is 0 Å². The number of nitrogens with one attached hydrogen (secondary N) is 3. The molecule has 1 aliphatic heterocycles. The molecule has 19 heteroatoms. The van der Waals surface area contributed by atoms with Crippen LogP contribution in [0.25, 0.3) is 0 Å². The number of hydrogen-bond acceptors (Lipinski definition) is 13. The number of carbonyl (C=O) groups excluding carboxylic acids is 6. The van der Waals surface area contributed by atoms with Gasteiger partial charge in [-0.25, -0.2) is 9.55 Å². The van der Waals surface area contributed by atoms with Gasteiger partial charge in [0.1, 0.15) is 17.9 Å². The van der Waals surface area contributed by atoms with Crippen LogP contribution in [0.2, 0.25) is 0 Å². The van der Waals surface area contributed by atoms with Gasteiger partial charge >= 0.3 is 7.82 Å². The number of H-pyrrole nitrogens is 1. The van der Waals surface area contributed by atoms with Crippen LogP contribution in [-0.4, -0.2) is 131 Å². The largest absolute Gasteiger partial charge is 0.472 e. The van der Waals surface area contributed by atoms with Crippen molar-refractivity contribution in [3.8, 4) is 0 Å². The van der Waals surface area contributed by atoms with Crippen molar-refractivity contribution in [3.05, 3.63) is 18.2 Å². The number of carbonyl (C=O) groups is 6. The van der Waals surface area contributed by atoms with Gasteiger partial charge in [0.05, 0.1) is 63.2 Å². The summed E-state index contributed by atoms with van der Waals surface area (Å²) >= 11 is 0. The first-order chi connectivity index (χ1) is 25.0. The van der Waals surface area contributed by atoms with Gasteiger partial charge in [-0.1, -0.05) is 13.8 Å². The number of rotatable bonds is 26. The van der Waals surface area contributed by atoms with Crippen LogP contribution in [0.1, 0.15) is 71.9 Å². The molecule has 1 aromatic rings. The second-order valence-corrected chi connectivity index (χ2v) is 15.0. The van der Waals surface area contributed by atoms with Crippen LogP contribution in [-0.2, 0) is 58.3 Å². The van der Waals surface area contributed by atoms with Crippen LogP contribution in [0.3, 0.4) is 0 Å². The molecule has 1 saturated heterocycles. The van der Waals surface area contributed by atoms with Gasteiger partial charge in [-0.2, -0.15) is 0 Å². The summed E-state index contributed by atoms with van der Waals surface area (Å²) in [5.74, 6) is -5.52. The quantitative estimate of drug-likeness (QED) is 0.0648. The highest BCUT2D eigenvalue weighted by Gasteiger charge is 2.38. The predicted molar refractivity (Wildman–Crippen MR) is 189 cm³/mol. The Balaban J connectivity index is 2.20. The molecule has 18 nitrogen and oxygen atoms in total. The lowest BCUT2D eigenvalue weighted by Gasteiger charge is -2.28. The van der Waals surface area contributed by atoms with Crippen molar-refractivity contribution in [1.29, 1.82) is 0 Å². The van der Waals surface area contributed by atoms with Gasteiger partial charge in [0.15, 0.2) is 11.6 Å². The van der Waals surface area contributed by atoms with Crippen molar-refractivity contribution in [2.75, 3.05) is 47.2 Å². The Labute approximate surface area is 310 Å². The molecule has 5 N–H and O–H groups in total. The standard InChI is InChI=1S/C34H56N5O13P/c1-21(2)14-27(37-34(46)29-8-7-10-39(29)32(44)9-11-51-13-12-49-5)30(42)16-24(15-25-18-35-20-36-25)33(45)38-28(19-40)31(43)17-26(22(3)41)23(4)52-53(47,48)50-6/h18,20-21,23-24,26-29,40H,7-17,19H2,1-6H3,(H,35,36)(H,37,46)(H,38,45)(H,47,48)/t23-,24-,26-,27+,28+,29+/m1/s1. The molecular weight excluding hydrogens is 717 g/mol. The summed E-state index contributed by atoms with van der Waals surface area (Å²) in [7, 11) is -2.01. The first-order valence-electron chi connectivity index (χ1n) is 17.7. The monoisotopic (exact) mass is 773 g/mol. The highest BCUT2D eigenvalue weighted by Crippen LogP contribution is 2.44. The Morgan fingerprint density at radius 2 is 1.74 bits per heavy atom. The second kappa shape index (κ2) is 22.7. The van der Waals surface area contributed by atoms with Crippen LogP contribution in [0.15, 0.2) is 12.5 Å². The number of aromatic nitrogens is 2. The topological polar surface area (TPSA) is 253 Å². The van der Waals surface area contributed by atoms with E-state index in [1.165, 1.54) is 31.3 Å². The number of nitrogens with zero attached hydrogens (tertiary/aromatic N) is 2. The molecule has 300 valence electrons. The van der Waals surface area contributed by atoms with Gasteiger partial charge < -0.3 is 40.0 Å². The summed E-state index contributed by atoms with van der Waals surface area (Å²) in [4.78, 5) is 97.7. The van der Waals surface area contributed by atoms with Crippen molar-refractivity contribution < 1.29 is 61.9 Å². The number of phosphoric ester groups is 1. The minimum absolute atomic E-state index is 0.00659. The number of hydrogen-bond donors (Lipinski definition) is 5. The van der Waals surface area contributed by atoms with Gasteiger partial charge in [0.25, 0.3) is 0 Å². The average Bonchev–Trinajstić information content (AvgIpc) is 3.81. The van der Waals surface area contributed by atoms with E-state index < -0.39 is 86.1 Å². The zero-order valence-electron chi connectivity index (χ0n) is 31.4. The second-order valence-electron chi connectivity index (χ2n) is 13.5. The maximum atomic E-state index is 13.9. The van der Waals surface area contributed by atoms with Gasteiger partial charge in [-0.3, -0.25) is 37.8 Å². The van der Waals surface area contributed by atoms with E-state index in [0.29, 0.717) is 38.3 Å². The van der Waals surface area contributed by atoms with Gasteiger partial charge in [0.2, 0.25) is 17.7 Å². The van der Waals surface area contributed by atoms with E-state index >= 15 is 0 Å². The Hall–Kier alpha value is -3.38. The highest BCUT2D eigenvalue weighted by atomic mass is 31.2. The first kappa shape index (κ1) is 45.8. The van der Waals surface area contributed by atoms with Gasteiger partial charge in [-0.05, 0) is 39.0 Å². The highest BCUT2D eigenvalue weighted by molar-refractivity contribution is 7.47. The molecule has 3 amide bonds. The lowest BCUT2D eigenvalue weighted by atomic mass is 9.89. The minimum atomic E-state index is -4.50. The number of ether oxygens (including phenoxy) is 2. The van der Waals surface area contributed by atoms with Crippen molar-refractivity contribution in [2.24, 2.45) is 17.8 Å². The number of aromatic amines is 1. The van der Waals surface area contributed by atoms with Gasteiger partial charge in [0, 0.05) is 51.9 Å². The Morgan fingerprint density at radius 1 is 1.04 bits per heavy atom. The summed E-state index contributed by atoms with van der Waals surface area (Å²) in [6.07, 6.45) is 2.12. The maximum absolute atomic E-state index is 13.9. The SMILES string of the molecule is COCCOCCC(=O)N1CCC[C@H]1C(=O)N[C@@H](CC(C)C)C(=O)C[C@@H](Cc1cnc[nH]1)C(=O)N[C@@H](CO)C(=O)C[C@H](C(C)=O)[C@@H](C)OP(=O)(O)OC. The van der Waals surface area contributed by atoms with Crippen LogP contribution >= 0.6 is 7.82 Å². The fourth-order valence-electron chi connectivity index (χ4n) is 6.04. The fourth-order valence-corrected chi connectivity index (χ4v) is 6.70. The molecule has 7 atom stereocenters. The van der Waals surface area contributed by atoms with Crippen LogP contribution in [0.5, 0.6) is 0 Å². The third-order valence-electron chi connectivity index (χ3n) is 8.95. The summed E-state index contributed by atoms with van der Waals surface area (Å²) < 4.78 is 31.6. The number of methoxy groups -OCH3 is 1. The summed E-state index contributed by atoms with van der Waals surface area (Å²) in [5, 5.41) is 15.4. The third-order valence-corrected chi connectivity index (χ3v) is 10.0. The number of amides is 3. The normalized spacial score (nSPS) is 18.4. The van der Waals surface area contributed by atoms with E-state index in [1.54, 1.807) is 7.11 Å². The molecule has 0 radical (unpaired) electrons. The zero-order valence-corrected chi connectivity index (χ0v) is 32.3. The number of aliphatic hydroxyl groups is 1. The number of aliphatic hydroxyl groups excluding tert-OH is 1. The van der Waals surface area contributed by atoms with E-state index in [4.69, 9.17) is 14.0 Å². The van der Waals surface area contributed by atoms with Crippen molar-refractivity contribution in [3.63, 3.8) is 0 Å². The van der Waals surface area contributed by atoms with Gasteiger partial charge in [-0.15, -0.1) is 0 Å². The zero-order chi connectivity index (χ0) is 39.7. The number of phosphoric acid groups is 1. The van der Waals surface area contributed by atoms with Crippen LogP contribution in [0, 0.1) is 17.8 Å². The number of imidazole rings is 1. The predicted octanol–water partition coefficient (Wildman–Crippen LogP) is 0.896. The molecule has 1 aliphatic rings. The Kier molecular flexibility index (Phi) is 19.6. The molecule has 1 fully saturated rings. The molecule has 2 heterocycles. The summed E-state index contributed by atoms with van der Waals surface area (Å²) in [5.41, 5.74) is 0.509. The van der Waals surface area contributed by atoms with E-state index in [9.17, 15) is 43.3 Å². The van der Waals surface area contributed by atoms with Crippen LogP contribution < -0.4 is 10.6 Å². The third kappa shape index (κ3) is 15.5. The fraction of sp³-hybridized carbons (Fsp3) is 0.735. The molecular formula is C34H56N5O13P. The number of ketones is 3. The first-order valence-corrected chi connectivity index (χ1v) is 19.2. The lowest BCUT2D eigenvalue weighted by Crippen LogP contribution is -2.52. The lowest BCUT2D eigenvalue weighted by molar-refractivity contribution is -0.140. The van der Waals surface area contributed by atoms with Crippen molar-refractivity contribution in [1.82, 2.24) is 25.5 Å². The smallest absolute Gasteiger partial charge is 0.394 e. The van der Waals surface area contributed by atoms with Crippen molar-refractivity contribution >= 4 is 42.9 Å². The minimum Gasteiger partial charge on any atom is -0.394 e. The van der Waals surface area contributed by atoms with Crippen molar-refractivity contribution in [2.45, 2.75) is 96.9 Å². The molecule has 53 heavy (non-hydrogen) atoms. The Morgan fingerprint density at radius 3 is 2.32 bits per heavy atom. The van der Waals surface area contributed by atoms with E-state index in [0.717, 1.165) is 7.11 Å². The molecule has 0 saturated carbocycles. The number of likely N-dealkylation sites (tertiary alicyclic amines) is 1. The molecule has 1 aromatic heterocycles. The summed E-state index contributed by atoms with van der Waals surface area (Å²) in [6.45, 7) is 6.70. The molecule has 0 bridgehead atoms. The summed E-state index contributed by atoms with van der Waals surface area (Å²) in [6, 6.07) is -3.24. The number of Topliss-reactive ketones (excluding diaryl/α,β-unsaturated/α-hetero) is 3. The average molecular weight is 774 g/mol.